The van der Waals surface area contributed by atoms with Crippen LogP contribution in [0.15, 0.2) is 30.3 Å². The number of aliphatic hydroxyl groups excluding tert-OH is 1. The average Bonchev–Trinajstić information content (AvgIpc) is 2.85. The smallest absolute Gasteiger partial charge is 0.164 e. The van der Waals surface area contributed by atoms with Crippen LogP contribution in [0.2, 0.25) is 0 Å². The van der Waals surface area contributed by atoms with E-state index in [1.807, 2.05) is 49.1 Å². The van der Waals surface area contributed by atoms with E-state index in [-0.39, 0.29) is 24.9 Å². The van der Waals surface area contributed by atoms with Gasteiger partial charge in [-0.3, -0.25) is 5.41 Å². The van der Waals surface area contributed by atoms with Gasteiger partial charge in [0.25, 0.3) is 0 Å². The van der Waals surface area contributed by atoms with E-state index in [1.54, 1.807) is 0 Å². The molecule has 2 heterocycles. The summed E-state index contributed by atoms with van der Waals surface area (Å²) in [5.74, 6) is -0.295. The number of aliphatic hydroxyl groups is 1. The molecule has 2 saturated heterocycles. The van der Waals surface area contributed by atoms with Gasteiger partial charge in [0, 0.05) is 6.54 Å². The summed E-state index contributed by atoms with van der Waals surface area (Å²) in [6.45, 7) is 4.23. The summed E-state index contributed by atoms with van der Waals surface area (Å²) in [6, 6.07) is 9.71. The summed E-state index contributed by atoms with van der Waals surface area (Å²) in [7, 11) is 0. The second kappa shape index (κ2) is 4.84. The number of hydrogen-bond acceptors (Lipinski definition) is 4. The normalized spacial score (nSPS) is 31.6. The van der Waals surface area contributed by atoms with Crippen LogP contribution < -0.4 is 0 Å². The third kappa shape index (κ3) is 2.22. The van der Waals surface area contributed by atoms with E-state index in [9.17, 15) is 5.11 Å². The lowest BCUT2D eigenvalue weighted by atomic mass is 10.1. The summed E-state index contributed by atoms with van der Waals surface area (Å²) in [4.78, 5) is 1.87. The molecule has 20 heavy (non-hydrogen) atoms. The molecule has 0 unspecified atom stereocenters. The molecule has 1 aromatic carbocycles. The highest BCUT2D eigenvalue weighted by molar-refractivity contribution is 5.87. The molecule has 0 bridgehead atoms. The van der Waals surface area contributed by atoms with Crippen molar-refractivity contribution in [2.24, 2.45) is 0 Å². The number of amidine groups is 1. The zero-order chi connectivity index (χ0) is 14.3. The van der Waals surface area contributed by atoms with E-state index in [1.165, 1.54) is 0 Å². The SMILES string of the molecule is CC1(C)O[C@@H]2[C@@H](CO)N(Cc3ccccc3)C(=N)[C@@H]2O1. The van der Waals surface area contributed by atoms with Gasteiger partial charge >= 0.3 is 0 Å². The molecule has 3 rings (SSSR count). The summed E-state index contributed by atoms with van der Waals surface area (Å²) in [6.07, 6.45) is -0.655. The maximum atomic E-state index is 9.68. The standard InChI is InChI=1S/C15H20N2O3/c1-15(2)19-12-11(9-18)17(14(16)13(12)20-15)8-10-6-4-3-5-7-10/h3-7,11-13,16,18H,8-9H2,1-2H3/t11-,12-,13-/m1/s1. The molecule has 5 heteroatoms. The zero-order valence-electron chi connectivity index (χ0n) is 11.7. The maximum Gasteiger partial charge on any atom is 0.164 e. The predicted octanol–water partition coefficient (Wildman–Crippen LogP) is 1.36. The molecule has 2 fully saturated rings. The maximum absolute atomic E-state index is 9.68. The van der Waals surface area contributed by atoms with E-state index in [0.29, 0.717) is 12.4 Å². The monoisotopic (exact) mass is 276 g/mol. The third-order valence-corrected chi connectivity index (χ3v) is 3.87. The van der Waals surface area contributed by atoms with Crippen molar-refractivity contribution < 1.29 is 14.6 Å². The van der Waals surface area contributed by atoms with Gasteiger partial charge in [0.15, 0.2) is 5.79 Å². The van der Waals surface area contributed by atoms with E-state index >= 15 is 0 Å². The topological polar surface area (TPSA) is 65.8 Å². The second-order valence-electron chi connectivity index (χ2n) is 5.77. The van der Waals surface area contributed by atoms with E-state index in [4.69, 9.17) is 14.9 Å². The molecule has 2 aliphatic rings. The van der Waals surface area contributed by atoms with Crippen LogP contribution in [0.25, 0.3) is 0 Å². The average molecular weight is 276 g/mol. The molecule has 0 amide bonds. The van der Waals surface area contributed by atoms with Crippen molar-refractivity contribution >= 4 is 5.84 Å². The summed E-state index contributed by atoms with van der Waals surface area (Å²) in [5, 5.41) is 18.0. The van der Waals surface area contributed by atoms with Crippen molar-refractivity contribution in [2.45, 2.75) is 44.4 Å². The minimum absolute atomic E-state index is 0.0458. The number of fused-ring (bicyclic) bond motifs is 1. The van der Waals surface area contributed by atoms with Gasteiger partial charge in [-0.1, -0.05) is 30.3 Å². The van der Waals surface area contributed by atoms with Gasteiger partial charge in [-0.05, 0) is 19.4 Å². The first-order chi connectivity index (χ1) is 9.52. The Morgan fingerprint density at radius 3 is 2.60 bits per heavy atom. The number of likely N-dealkylation sites (tertiary alicyclic amines) is 1. The Kier molecular flexibility index (Phi) is 3.28. The van der Waals surface area contributed by atoms with Crippen LogP contribution in [0.3, 0.4) is 0 Å². The van der Waals surface area contributed by atoms with Crippen LogP contribution in [0.5, 0.6) is 0 Å². The quantitative estimate of drug-likeness (QED) is 0.875. The van der Waals surface area contributed by atoms with Crippen molar-refractivity contribution in [3.8, 4) is 0 Å². The van der Waals surface area contributed by atoms with Crippen LogP contribution in [-0.4, -0.2) is 46.5 Å². The van der Waals surface area contributed by atoms with Crippen molar-refractivity contribution in [1.82, 2.24) is 4.90 Å². The first-order valence-corrected chi connectivity index (χ1v) is 6.87. The molecule has 2 N–H and O–H groups in total. The van der Waals surface area contributed by atoms with Gasteiger partial charge in [0.1, 0.15) is 18.0 Å². The number of hydrogen-bond donors (Lipinski definition) is 2. The zero-order valence-corrected chi connectivity index (χ0v) is 11.7. The molecular formula is C15H20N2O3. The Hall–Kier alpha value is -1.43. The van der Waals surface area contributed by atoms with E-state index < -0.39 is 5.79 Å². The Balaban J connectivity index is 1.81. The minimum Gasteiger partial charge on any atom is -0.394 e. The molecule has 1 aromatic rings. The lowest BCUT2D eigenvalue weighted by Gasteiger charge is -2.30. The minimum atomic E-state index is -0.687. The van der Waals surface area contributed by atoms with Crippen LogP contribution >= 0.6 is 0 Å². The Labute approximate surface area is 118 Å². The van der Waals surface area contributed by atoms with Crippen molar-refractivity contribution in [1.29, 1.82) is 5.41 Å². The lowest BCUT2D eigenvalue weighted by Crippen LogP contribution is -2.42. The number of ether oxygens (including phenoxy) is 2. The number of nitrogens with zero attached hydrogens (tertiary/aromatic N) is 1. The summed E-state index contributed by atoms with van der Waals surface area (Å²) < 4.78 is 11.6. The fraction of sp³-hybridized carbons (Fsp3) is 0.533. The molecule has 108 valence electrons. The van der Waals surface area contributed by atoms with Gasteiger partial charge in [-0.25, -0.2) is 0 Å². The molecule has 0 spiro atoms. The molecule has 0 radical (unpaired) electrons. The largest absolute Gasteiger partial charge is 0.394 e. The molecule has 5 nitrogen and oxygen atoms in total. The Morgan fingerprint density at radius 1 is 1.25 bits per heavy atom. The highest BCUT2D eigenvalue weighted by Gasteiger charge is 2.55. The van der Waals surface area contributed by atoms with Gasteiger partial charge in [-0.15, -0.1) is 0 Å². The molecule has 3 atom stereocenters. The van der Waals surface area contributed by atoms with Gasteiger partial charge in [0.05, 0.1) is 12.6 Å². The molecular weight excluding hydrogens is 256 g/mol. The Bertz CT molecular complexity index is 503. The van der Waals surface area contributed by atoms with Crippen LogP contribution in [0, 0.1) is 5.41 Å². The number of nitrogens with one attached hydrogen (secondary N) is 1. The summed E-state index contributed by atoms with van der Waals surface area (Å²) in [5.41, 5.74) is 1.11. The second-order valence-corrected chi connectivity index (χ2v) is 5.77. The van der Waals surface area contributed by atoms with Gasteiger partial charge in [0.2, 0.25) is 0 Å². The number of rotatable bonds is 3. The van der Waals surface area contributed by atoms with Crippen molar-refractivity contribution in [2.75, 3.05) is 6.61 Å². The fourth-order valence-electron chi connectivity index (χ4n) is 2.99. The molecule has 0 saturated carbocycles. The first-order valence-electron chi connectivity index (χ1n) is 6.87. The molecule has 0 aromatic heterocycles. The summed E-state index contributed by atoms with van der Waals surface area (Å²) >= 11 is 0. The van der Waals surface area contributed by atoms with Crippen molar-refractivity contribution in [3.63, 3.8) is 0 Å². The third-order valence-electron chi connectivity index (χ3n) is 3.87. The Morgan fingerprint density at radius 2 is 1.95 bits per heavy atom. The van der Waals surface area contributed by atoms with Crippen LogP contribution in [0.4, 0.5) is 0 Å². The highest BCUT2D eigenvalue weighted by atomic mass is 16.8. The van der Waals surface area contributed by atoms with Gasteiger partial charge in [-0.2, -0.15) is 0 Å². The number of benzene rings is 1. The molecule has 0 aliphatic carbocycles. The fourth-order valence-corrected chi connectivity index (χ4v) is 2.99. The van der Waals surface area contributed by atoms with Gasteiger partial charge < -0.3 is 19.5 Å². The molecule has 2 aliphatic heterocycles. The lowest BCUT2D eigenvalue weighted by molar-refractivity contribution is -0.153. The predicted molar refractivity (Wildman–Crippen MR) is 74.4 cm³/mol. The van der Waals surface area contributed by atoms with E-state index in [2.05, 4.69) is 0 Å². The van der Waals surface area contributed by atoms with Crippen LogP contribution in [0.1, 0.15) is 19.4 Å². The van der Waals surface area contributed by atoms with E-state index in [0.717, 1.165) is 5.56 Å². The van der Waals surface area contributed by atoms with Crippen LogP contribution in [-0.2, 0) is 16.0 Å². The van der Waals surface area contributed by atoms with Crippen molar-refractivity contribution in [3.05, 3.63) is 35.9 Å². The first kappa shape index (κ1) is 13.5. The highest BCUT2D eigenvalue weighted by Crippen LogP contribution is 2.38.